The minimum absolute atomic E-state index is 0.0105. The van der Waals surface area contributed by atoms with Crippen LogP contribution in [-0.2, 0) is 17.8 Å². The maximum Gasteiger partial charge on any atom is 0.269 e. The van der Waals surface area contributed by atoms with E-state index in [1.165, 1.54) is 29.5 Å². The number of nitrogens with one attached hydrogen (secondary N) is 1. The van der Waals surface area contributed by atoms with Crippen LogP contribution in [0.15, 0.2) is 76.6 Å². The normalized spacial score (nSPS) is 15.2. The van der Waals surface area contributed by atoms with E-state index in [-0.39, 0.29) is 18.2 Å². The van der Waals surface area contributed by atoms with E-state index in [1.54, 1.807) is 30.3 Å². The van der Waals surface area contributed by atoms with Crippen molar-refractivity contribution in [1.29, 1.82) is 0 Å². The van der Waals surface area contributed by atoms with Gasteiger partial charge in [0.2, 0.25) is 0 Å². The molecule has 0 spiro atoms. The van der Waals surface area contributed by atoms with E-state index < -0.39 is 4.92 Å². The van der Waals surface area contributed by atoms with Crippen LogP contribution in [0, 0.1) is 10.1 Å². The molecule has 0 unspecified atom stereocenters. The average molecular weight is 504 g/mol. The van der Waals surface area contributed by atoms with Gasteiger partial charge in [0.05, 0.1) is 22.1 Å². The summed E-state index contributed by atoms with van der Waals surface area (Å²) in [6.07, 6.45) is 2.73. The van der Waals surface area contributed by atoms with Crippen LogP contribution in [0.2, 0.25) is 0 Å². The van der Waals surface area contributed by atoms with E-state index >= 15 is 0 Å². The number of rotatable bonds is 9. The molecule has 8 nitrogen and oxygen atoms in total. The highest BCUT2D eigenvalue weighted by Gasteiger charge is 2.24. The molecule has 36 heavy (non-hydrogen) atoms. The maximum atomic E-state index is 12.5. The Kier molecular flexibility index (Phi) is 8.02. The van der Waals surface area contributed by atoms with Gasteiger partial charge in [0.25, 0.3) is 11.6 Å². The van der Waals surface area contributed by atoms with Crippen molar-refractivity contribution in [3.05, 3.63) is 98.4 Å². The zero-order valence-corrected chi connectivity index (χ0v) is 20.7. The molecule has 0 saturated carbocycles. The zero-order chi connectivity index (χ0) is 25.5. The van der Waals surface area contributed by atoms with Gasteiger partial charge in [0.15, 0.2) is 16.7 Å². The molecule has 3 aromatic rings. The Morgan fingerprint density at radius 3 is 2.53 bits per heavy atom. The number of aliphatic imine (C=N–C) groups is 1. The van der Waals surface area contributed by atoms with Gasteiger partial charge in [-0.25, -0.2) is 4.99 Å². The summed E-state index contributed by atoms with van der Waals surface area (Å²) < 4.78 is 11.6. The van der Waals surface area contributed by atoms with Crippen molar-refractivity contribution >= 4 is 40.3 Å². The molecule has 1 saturated heterocycles. The Morgan fingerprint density at radius 2 is 1.81 bits per heavy atom. The van der Waals surface area contributed by atoms with Crippen LogP contribution in [0.4, 0.5) is 11.4 Å². The summed E-state index contributed by atoms with van der Waals surface area (Å²) in [7, 11) is 0. The number of carbonyl (C=O) groups excluding carboxylic acids is 1. The standard InChI is InChI=1S/C27H25N3O5S/c1-3-18-8-11-21(12-9-18)28-27-29-26(31)25(36-27)16-19-10-13-23(24(15-19)34-4-2)35-17-20-6-5-7-22(14-20)30(32)33/h5-16H,3-4,17H2,1-2H3,(H,28,29,31)/b25-16-. The van der Waals surface area contributed by atoms with Crippen LogP contribution in [0.5, 0.6) is 11.5 Å². The summed E-state index contributed by atoms with van der Waals surface area (Å²) in [4.78, 5) is 28.1. The molecule has 0 bridgehead atoms. The van der Waals surface area contributed by atoms with Crippen LogP contribution in [-0.4, -0.2) is 22.6 Å². The van der Waals surface area contributed by atoms with E-state index in [9.17, 15) is 14.9 Å². The number of nitro benzene ring substituents is 1. The second-order valence-electron chi connectivity index (χ2n) is 7.86. The Labute approximate surface area is 213 Å². The van der Waals surface area contributed by atoms with Crippen molar-refractivity contribution in [2.75, 3.05) is 6.61 Å². The average Bonchev–Trinajstić information content (AvgIpc) is 3.22. The fourth-order valence-electron chi connectivity index (χ4n) is 3.48. The first-order valence-electron chi connectivity index (χ1n) is 11.5. The molecule has 1 N–H and O–H groups in total. The first kappa shape index (κ1) is 25.0. The molecule has 1 fully saturated rings. The predicted molar refractivity (Wildman–Crippen MR) is 142 cm³/mol. The molecule has 1 heterocycles. The van der Waals surface area contributed by atoms with E-state index in [2.05, 4.69) is 17.2 Å². The van der Waals surface area contributed by atoms with E-state index in [1.807, 2.05) is 37.3 Å². The number of hydrogen-bond acceptors (Lipinski definition) is 7. The summed E-state index contributed by atoms with van der Waals surface area (Å²) in [5.74, 6) is 0.810. The molecular weight excluding hydrogens is 478 g/mol. The van der Waals surface area contributed by atoms with Crippen molar-refractivity contribution in [1.82, 2.24) is 5.32 Å². The summed E-state index contributed by atoms with van der Waals surface area (Å²) in [6.45, 7) is 4.54. The second kappa shape index (κ2) is 11.5. The van der Waals surface area contributed by atoms with Crippen LogP contribution in [0.1, 0.15) is 30.5 Å². The monoisotopic (exact) mass is 503 g/mol. The number of thioether (sulfide) groups is 1. The molecule has 4 rings (SSSR count). The first-order chi connectivity index (χ1) is 17.4. The molecule has 0 aromatic heterocycles. The minimum atomic E-state index is -0.438. The van der Waals surface area contributed by atoms with Gasteiger partial charge in [-0.1, -0.05) is 37.3 Å². The number of aryl methyl sites for hydroxylation is 1. The van der Waals surface area contributed by atoms with Gasteiger partial charge in [-0.2, -0.15) is 0 Å². The molecule has 3 aromatic carbocycles. The third-order valence-electron chi connectivity index (χ3n) is 5.31. The Morgan fingerprint density at radius 1 is 1.00 bits per heavy atom. The lowest BCUT2D eigenvalue weighted by molar-refractivity contribution is -0.384. The van der Waals surface area contributed by atoms with Gasteiger partial charge in [-0.15, -0.1) is 0 Å². The molecule has 1 aliphatic rings. The summed E-state index contributed by atoms with van der Waals surface area (Å²) >= 11 is 1.28. The first-order valence-corrected chi connectivity index (χ1v) is 12.3. The van der Waals surface area contributed by atoms with Crippen LogP contribution in [0.25, 0.3) is 6.08 Å². The smallest absolute Gasteiger partial charge is 0.269 e. The lowest BCUT2D eigenvalue weighted by Gasteiger charge is -2.13. The number of benzene rings is 3. The highest BCUT2D eigenvalue weighted by atomic mass is 32.2. The highest BCUT2D eigenvalue weighted by Crippen LogP contribution is 2.33. The highest BCUT2D eigenvalue weighted by molar-refractivity contribution is 8.18. The van der Waals surface area contributed by atoms with Crippen molar-refractivity contribution in [2.24, 2.45) is 4.99 Å². The number of non-ortho nitro benzene ring substituents is 1. The Balaban J connectivity index is 1.49. The van der Waals surface area contributed by atoms with Gasteiger partial charge < -0.3 is 14.8 Å². The largest absolute Gasteiger partial charge is 0.490 e. The van der Waals surface area contributed by atoms with Gasteiger partial charge >= 0.3 is 0 Å². The Bertz CT molecular complexity index is 1340. The SMILES string of the molecule is CCOc1cc(/C=C2\SC(=Nc3ccc(CC)cc3)NC2=O)ccc1OCc1cccc([N+](=O)[O-])c1. The molecule has 1 amide bonds. The third-order valence-corrected chi connectivity index (χ3v) is 6.22. The number of carbonyl (C=O) groups is 1. The molecule has 184 valence electrons. The van der Waals surface area contributed by atoms with Gasteiger partial charge in [-0.3, -0.25) is 14.9 Å². The predicted octanol–water partition coefficient (Wildman–Crippen LogP) is 6.03. The number of nitro groups is 1. The number of hydrogen-bond donors (Lipinski definition) is 1. The topological polar surface area (TPSA) is 103 Å². The lowest BCUT2D eigenvalue weighted by atomic mass is 10.1. The van der Waals surface area contributed by atoms with Crippen LogP contribution in [0.3, 0.4) is 0 Å². The second-order valence-corrected chi connectivity index (χ2v) is 8.89. The quantitative estimate of drug-likeness (QED) is 0.217. The fourth-order valence-corrected chi connectivity index (χ4v) is 4.32. The van der Waals surface area contributed by atoms with Crippen LogP contribution < -0.4 is 14.8 Å². The van der Waals surface area contributed by atoms with Gasteiger partial charge in [0, 0.05) is 12.1 Å². The molecule has 0 radical (unpaired) electrons. The third kappa shape index (κ3) is 6.31. The summed E-state index contributed by atoms with van der Waals surface area (Å²) in [5.41, 5.74) is 3.46. The van der Waals surface area contributed by atoms with Gasteiger partial charge in [0.1, 0.15) is 6.61 Å². The van der Waals surface area contributed by atoms with Gasteiger partial charge in [-0.05, 0) is 72.1 Å². The minimum Gasteiger partial charge on any atom is -0.490 e. The molecule has 9 heteroatoms. The summed E-state index contributed by atoms with van der Waals surface area (Å²) in [6, 6.07) is 19.6. The molecule has 1 aliphatic heterocycles. The maximum absolute atomic E-state index is 12.5. The fraction of sp³-hybridized carbons (Fsp3) is 0.185. The molecule has 0 aliphatic carbocycles. The zero-order valence-electron chi connectivity index (χ0n) is 19.9. The molecular formula is C27H25N3O5S. The van der Waals surface area contributed by atoms with Crippen LogP contribution >= 0.6 is 11.8 Å². The summed E-state index contributed by atoms with van der Waals surface area (Å²) in [5, 5.41) is 14.3. The molecule has 0 atom stereocenters. The number of nitrogens with zero attached hydrogens (tertiary/aromatic N) is 2. The van der Waals surface area contributed by atoms with E-state index in [0.717, 1.165) is 17.7 Å². The van der Waals surface area contributed by atoms with Crippen molar-refractivity contribution in [2.45, 2.75) is 26.9 Å². The number of amidine groups is 1. The van der Waals surface area contributed by atoms with Crippen molar-refractivity contribution in [3.8, 4) is 11.5 Å². The lowest BCUT2D eigenvalue weighted by Crippen LogP contribution is -2.19. The number of ether oxygens (including phenoxy) is 2. The Hall–Kier alpha value is -4.11. The van der Waals surface area contributed by atoms with Crippen molar-refractivity contribution < 1.29 is 19.2 Å². The van der Waals surface area contributed by atoms with E-state index in [0.29, 0.717) is 33.7 Å². The van der Waals surface area contributed by atoms with Crippen molar-refractivity contribution in [3.63, 3.8) is 0 Å². The number of amides is 1. The van der Waals surface area contributed by atoms with E-state index in [4.69, 9.17) is 9.47 Å².